The van der Waals surface area contributed by atoms with Crippen LogP contribution in [0.3, 0.4) is 0 Å². The number of amides is 2. The molecule has 0 saturated heterocycles. The minimum absolute atomic E-state index is 0.0102. The van der Waals surface area contributed by atoms with E-state index >= 15 is 0 Å². The van der Waals surface area contributed by atoms with Crippen molar-refractivity contribution < 1.29 is 23.5 Å². The number of hydrogen-bond acceptors (Lipinski definition) is 4. The van der Waals surface area contributed by atoms with E-state index in [1.165, 1.54) is 28.9 Å². The van der Waals surface area contributed by atoms with E-state index < -0.39 is 23.2 Å². The number of aliphatic hydroxyl groups is 1. The molecule has 9 heteroatoms. The standard InChI is InChI=1S/C24H28F2N4O3/c1-24(2,3)21(23(33)27-12-5-13-31)28-22(32)19-17-6-4-7-18(26)20(17)30(29-19)14-15-8-10-16(25)11-9-15/h4,6-11,21,31H,5,12-14H2,1-3H3,(H,27,33)(H,28,32)/t21-/m1/s1. The second kappa shape index (κ2) is 10.1. The number of aromatic nitrogens is 2. The van der Waals surface area contributed by atoms with Crippen LogP contribution in [0.15, 0.2) is 42.5 Å². The largest absolute Gasteiger partial charge is 0.396 e. The van der Waals surface area contributed by atoms with Crippen LogP contribution in [-0.4, -0.2) is 45.9 Å². The lowest BCUT2D eigenvalue weighted by atomic mass is 9.86. The van der Waals surface area contributed by atoms with E-state index in [9.17, 15) is 18.4 Å². The van der Waals surface area contributed by atoms with E-state index in [2.05, 4.69) is 15.7 Å². The predicted molar refractivity (Wildman–Crippen MR) is 121 cm³/mol. The number of hydrogen-bond donors (Lipinski definition) is 3. The van der Waals surface area contributed by atoms with Crippen LogP contribution in [0.1, 0.15) is 43.2 Å². The van der Waals surface area contributed by atoms with Gasteiger partial charge in [-0.1, -0.05) is 45.0 Å². The summed E-state index contributed by atoms with van der Waals surface area (Å²) in [7, 11) is 0. The lowest BCUT2D eigenvalue weighted by Crippen LogP contribution is -2.53. The molecular formula is C24H28F2N4O3. The third-order valence-electron chi connectivity index (χ3n) is 5.22. The molecule has 0 spiro atoms. The molecule has 3 N–H and O–H groups in total. The fourth-order valence-electron chi connectivity index (χ4n) is 3.51. The fourth-order valence-corrected chi connectivity index (χ4v) is 3.51. The maximum absolute atomic E-state index is 14.7. The number of benzene rings is 2. The summed E-state index contributed by atoms with van der Waals surface area (Å²) in [5.41, 5.74) is 0.207. The summed E-state index contributed by atoms with van der Waals surface area (Å²) in [4.78, 5) is 25.9. The first kappa shape index (κ1) is 24.3. The van der Waals surface area contributed by atoms with Crippen LogP contribution < -0.4 is 10.6 Å². The van der Waals surface area contributed by atoms with Crippen molar-refractivity contribution in [2.45, 2.75) is 39.8 Å². The van der Waals surface area contributed by atoms with Gasteiger partial charge < -0.3 is 15.7 Å². The van der Waals surface area contributed by atoms with Crippen molar-refractivity contribution in [3.8, 4) is 0 Å². The number of rotatable bonds is 8. The minimum Gasteiger partial charge on any atom is -0.396 e. The van der Waals surface area contributed by atoms with Gasteiger partial charge in [0.2, 0.25) is 5.91 Å². The molecule has 3 rings (SSSR count). The SMILES string of the molecule is CC(C)(C)[C@H](NC(=O)c1nn(Cc2ccc(F)cc2)c2c(F)cccc12)C(=O)NCCCO. The maximum atomic E-state index is 14.7. The van der Waals surface area contributed by atoms with Gasteiger partial charge >= 0.3 is 0 Å². The first-order chi connectivity index (χ1) is 15.6. The normalized spacial score (nSPS) is 12.5. The second-order valence-corrected chi connectivity index (χ2v) is 8.91. The first-order valence-corrected chi connectivity index (χ1v) is 10.7. The van der Waals surface area contributed by atoms with Gasteiger partial charge in [0, 0.05) is 18.5 Å². The summed E-state index contributed by atoms with van der Waals surface area (Å²) in [5, 5.41) is 19.0. The van der Waals surface area contributed by atoms with Crippen LogP contribution in [0, 0.1) is 17.0 Å². The van der Waals surface area contributed by atoms with Gasteiger partial charge in [0.15, 0.2) is 5.69 Å². The van der Waals surface area contributed by atoms with E-state index in [1.807, 2.05) is 20.8 Å². The van der Waals surface area contributed by atoms with Gasteiger partial charge in [-0.2, -0.15) is 5.10 Å². The third kappa shape index (κ3) is 5.73. The summed E-state index contributed by atoms with van der Waals surface area (Å²) >= 11 is 0. The summed E-state index contributed by atoms with van der Waals surface area (Å²) in [6.45, 7) is 5.79. The summed E-state index contributed by atoms with van der Waals surface area (Å²) in [6, 6.07) is 9.21. The zero-order valence-corrected chi connectivity index (χ0v) is 18.9. The van der Waals surface area contributed by atoms with Gasteiger partial charge in [-0.15, -0.1) is 0 Å². The highest BCUT2D eigenvalue weighted by Gasteiger charge is 2.34. The molecule has 0 bridgehead atoms. The van der Waals surface area contributed by atoms with Crippen LogP contribution >= 0.6 is 0 Å². The Kier molecular flexibility index (Phi) is 7.43. The van der Waals surface area contributed by atoms with Crippen LogP contribution in [0.5, 0.6) is 0 Å². The van der Waals surface area contributed by atoms with Crippen molar-refractivity contribution in [2.75, 3.05) is 13.2 Å². The number of para-hydroxylation sites is 1. The number of aliphatic hydroxyl groups excluding tert-OH is 1. The third-order valence-corrected chi connectivity index (χ3v) is 5.22. The molecule has 0 saturated carbocycles. The van der Waals surface area contributed by atoms with Crippen LogP contribution in [0.2, 0.25) is 0 Å². The molecule has 3 aromatic rings. The van der Waals surface area contributed by atoms with Crippen molar-refractivity contribution in [3.05, 3.63) is 65.4 Å². The Hall–Kier alpha value is -3.33. The lowest BCUT2D eigenvalue weighted by molar-refractivity contribution is -0.125. The van der Waals surface area contributed by atoms with E-state index in [4.69, 9.17) is 5.11 Å². The van der Waals surface area contributed by atoms with E-state index in [0.29, 0.717) is 17.4 Å². The minimum atomic E-state index is -0.880. The predicted octanol–water partition coefficient (Wildman–Crippen LogP) is 3.01. The van der Waals surface area contributed by atoms with E-state index in [1.54, 1.807) is 18.2 Å². The highest BCUT2D eigenvalue weighted by molar-refractivity contribution is 6.06. The van der Waals surface area contributed by atoms with Crippen LogP contribution in [0.4, 0.5) is 8.78 Å². The fraction of sp³-hybridized carbons (Fsp3) is 0.375. The Labute approximate surface area is 190 Å². The zero-order chi connectivity index (χ0) is 24.2. The number of carbonyl (C=O) groups is 2. The van der Waals surface area contributed by atoms with Gasteiger partial charge in [-0.25, -0.2) is 8.78 Å². The van der Waals surface area contributed by atoms with E-state index in [0.717, 1.165) is 0 Å². The molecule has 0 aliphatic rings. The van der Waals surface area contributed by atoms with Crippen LogP contribution in [-0.2, 0) is 11.3 Å². The molecule has 2 aromatic carbocycles. The summed E-state index contributed by atoms with van der Waals surface area (Å²) in [6.07, 6.45) is 0.397. The van der Waals surface area contributed by atoms with Crippen molar-refractivity contribution in [2.24, 2.45) is 5.41 Å². The topological polar surface area (TPSA) is 96.2 Å². The molecule has 0 unspecified atom stereocenters. The molecular weight excluding hydrogens is 430 g/mol. The van der Waals surface area contributed by atoms with Gasteiger partial charge in [0.1, 0.15) is 23.2 Å². The van der Waals surface area contributed by atoms with Crippen molar-refractivity contribution >= 4 is 22.7 Å². The summed E-state index contributed by atoms with van der Waals surface area (Å²) < 4.78 is 29.3. The average molecular weight is 459 g/mol. The number of nitrogens with zero attached hydrogens (tertiary/aromatic N) is 2. The highest BCUT2D eigenvalue weighted by atomic mass is 19.1. The Bertz CT molecular complexity index is 1140. The number of carbonyl (C=O) groups excluding carboxylic acids is 2. The average Bonchev–Trinajstić information content (AvgIpc) is 3.12. The molecule has 0 radical (unpaired) electrons. The lowest BCUT2D eigenvalue weighted by Gasteiger charge is -2.30. The zero-order valence-electron chi connectivity index (χ0n) is 18.9. The quantitative estimate of drug-likeness (QED) is 0.452. The Morgan fingerprint density at radius 1 is 1.12 bits per heavy atom. The van der Waals surface area contributed by atoms with Crippen molar-refractivity contribution in [1.82, 2.24) is 20.4 Å². The molecule has 7 nitrogen and oxygen atoms in total. The molecule has 1 atom stereocenters. The van der Waals surface area contributed by atoms with Gasteiger partial charge in [0.05, 0.1) is 6.54 Å². The molecule has 0 aliphatic heterocycles. The number of halogens is 2. The molecule has 0 aliphatic carbocycles. The maximum Gasteiger partial charge on any atom is 0.273 e. The smallest absolute Gasteiger partial charge is 0.273 e. The Morgan fingerprint density at radius 2 is 1.82 bits per heavy atom. The summed E-state index contributed by atoms with van der Waals surface area (Å²) in [5.74, 6) is -1.93. The number of fused-ring (bicyclic) bond motifs is 1. The van der Waals surface area contributed by atoms with E-state index in [-0.39, 0.29) is 42.6 Å². The molecule has 1 aromatic heterocycles. The number of nitrogens with one attached hydrogen (secondary N) is 2. The van der Waals surface area contributed by atoms with Crippen molar-refractivity contribution in [3.63, 3.8) is 0 Å². The van der Waals surface area contributed by atoms with Gasteiger partial charge in [-0.3, -0.25) is 14.3 Å². The monoisotopic (exact) mass is 458 g/mol. The van der Waals surface area contributed by atoms with Crippen LogP contribution in [0.25, 0.3) is 10.9 Å². The molecule has 33 heavy (non-hydrogen) atoms. The second-order valence-electron chi connectivity index (χ2n) is 8.91. The molecule has 2 amide bonds. The first-order valence-electron chi connectivity index (χ1n) is 10.7. The van der Waals surface area contributed by atoms with Gasteiger partial charge in [0.25, 0.3) is 5.91 Å². The Morgan fingerprint density at radius 3 is 2.45 bits per heavy atom. The highest BCUT2D eigenvalue weighted by Crippen LogP contribution is 2.25. The van der Waals surface area contributed by atoms with Gasteiger partial charge in [-0.05, 0) is 35.6 Å². The van der Waals surface area contributed by atoms with Crippen molar-refractivity contribution in [1.29, 1.82) is 0 Å². The molecule has 1 heterocycles. The molecule has 176 valence electrons. The molecule has 0 fully saturated rings. The Balaban J connectivity index is 1.93.